The van der Waals surface area contributed by atoms with Gasteiger partial charge in [-0.05, 0) is 42.5 Å². The number of rotatable bonds is 2. The van der Waals surface area contributed by atoms with Gasteiger partial charge in [0.25, 0.3) is 0 Å². The van der Waals surface area contributed by atoms with Crippen molar-refractivity contribution < 1.29 is 4.79 Å². The fourth-order valence-corrected chi connectivity index (χ4v) is 2.33. The van der Waals surface area contributed by atoms with Crippen molar-refractivity contribution in [1.82, 2.24) is 4.90 Å². The SMILES string of the molecule is CC1CCCN(C(=O)/C=C/c2cccc(N)c2)C1. The summed E-state index contributed by atoms with van der Waals surface area (Å²) in [6, 6.07) is 7.54. The first-order chi connectivity index (χ1) is 8.65. The molecule has 3 heteroatoms. The lowest BCUT2D eigenvalue weighted by Gasteiger charge is -2.30. The zero-order valence-corrected chi connectivity index (χ0v) is 10.8. The number of nitrogens with two attached hydrogens (primary N) is 1. The highest BCUT2D eigenvalue weighted by molar-refractivity contribution is 5.91. The van der Waals surface area contributed by atoms with Crippen molar-refractivity contribution in [3.63, 3.8) is 0 Å². The van der Waals surface area contributed by atoms with Gasteiger partial charge in [-0.2, -0.15) is 0 Å². The van der Waals surface area contributed by atoms with E-state index < -0.39 is 0 Å². The average Bonchev–Trinajstić information content (AvgIpc) is 2.36. The van der Waals surface area contributed by atoms with Gasteiger partial charge in [0.05, 0.1) is 0 Å². The molecular weight excluding hydrogens is 224 g/mol. The number of nitrogen functional groups attached to an aromatic ring is 1. The lowest BCUT2D eigenvalue weighted by molar-refractivity contribution is -0.127. The van der Waals surface area contributed by atoms with Crippen LogP contribution in [0.5, 0.6) is 0 Å². The lowest BCUT2D eigenvalue weighted by Crippen LogP contribution is -2.38. The molecule has 1 fully saturated rings. The Morgan fingerprint density at radius 1 is 1.50 bits per heavy atom. The van der Waals surface area contributed by atoms with Crippen LogP contribution in [0.2, 0.25) is 0 Å². The second kappa shape index (κ2) is 5.71. The van der Waals surface area contributed by atoms with Crippen molar-refractivity contribution in [2.24, 2.45) is 5.92 Å². The Morgan fingerprint density at radius 2 is 2.33 bits per heavy atom. The van der Waals surface area contributed by atoms with Gasteiger partial charge in [0, 0.05) is 24.9 Å². The van der Waals surface area contributed by atoms with Crippen molar-refractivity contribution in [1.29, 1.82) is 0 Å². The molecule has 0 bridgehead atoms. The zero-order chi connectivity index (χ0) is 13.0. The number of carbonyl (C=O) groups excluding carboxylic acids is 1. The molecule has 1 amide bonds. The van der Waals surface area contributed by atoms with E-state index in [4.69, 9.17) is 5.73 Å². The Labute approximate surface area is 108 Å². The van der Waals surface area contributed by atoms with E-state index in [0.717, 1.165) is 30.8 Å². The van der Waals surface area contributed by atoms with Crippen LogP contribution in [0.4, 0.5) is 5.69 Å². The van der Waals surface area contributed by atoms with Crippen molar-refractivity contribution in [3.05, 3.63) is 35.9 Å². The van der Waals surface area contributed by atoms with E-state index in [1.807, 2.05) is 35.2 Å². The monoisotopic (exact) mass is 244 g/mol. The normalized spacial score (nSPS) is 20.3. The third-order valence-electron chi connectivity index (χ3n) is 3.30. The van der Waals surface area contributed by atoms with Gasteiger partial charge in [-0.15, -0.1) is 0 Å². The molecule has 1 aliphatic rings. The third-order valence-corrected chi connectivity index (χ3v) is 3.30. The maximum atomic E-state index is 12.0. The first-order valence-electron chi connectivity index (χ1n) is 6.47. The van der Waals surface area contributed by atoms with Gasteiger partial charge in [0.15, 0.2) is 0 Å². The molecule has 96 valence electrons. The zero-order valence-electron chi connectivity index (χ0n) is 10.8. The fourth-order valence-electron chi connectivity index (χ4n) is 2.33. The predicted octanol–water partition coefficient (Wildman–Crippen LogP) is 2.54. The molecule has 1 aliphatic heterocycles. The van der Waals surface area contributed by atoms with Crippen LogP contribution in [0.25, 0.3) is 6.08 Å². The van der Waals surface area contributed by atoms with Crippen LogP contribution in [-0.2, 0) is 4.79 Å². The van der Waals surface area contributed by atoms with E-state index in [1.54, 1.807) is 6.08 Å². The number of benzene rings is 1. The number of hydrogen-bond donors (Lipinski definition) is 1. The summed E-state index contributed by atoms with van der Waals surface area (Å²) < 4.78 is 0. The molecular formula is C15H20N2O. The maximum Gasteiger partial charge on any atom is 0.246 e. The van der Waals surface area contributed by atoms with Crippen LogP contribution < -0.4 is 5.73 Å². The number of anilines is 1. The van der Waals surface area contributed by atoms with Crippen molar-refractivity contribution in [2.45, 2.75) is 19.8 Å². The van der Waals surface area contributed by atoms with Crippen LogP contribution in [0, 0.1) is 5.92 Å². The van der Waals surface area contributed by atoms with Crippen LogP contribution in [0.3, 0.4) is 0 Å². The van der Waals surface area contributed by atoms with Crippen LogP contribution in [-0.4, -0.2) is 23.9 Å². The first-order valence-corrected chi connectivity index (χ1v) is 6.47. The fraction of sp³-hybridized carbons (Fsp3) is 0.400. The summed E-state index contributed by atoms with van der Waals surface area (Å²) in [5.41, 5.74) is 7.38. The molecule has 0 aromatic heterocycles. The summed E-state index contributed by atoms with van der Waals surface area (Å²) in [4.78, 5) is 13.9. The minimum absolute atomic E-state index is 0.101. The van der Waals surface area contributed by atoms with E-state index in [1.165, 1.54) is 6.42 Å². The Hall–Kier alpha value is -1.77. The van der Waals surface area contributed by atoms with Gasteiger partial charge < -0.3 is 10.6 Å². The highest BCUT2D eigenvalue weighted by Gasteiger charge is 2.18. The summed E-state index contributed by atoms with van der Waals surface area (Å²) in [6.45, 7) is 3.95. The minimum Gasteiger partial charge on any atom is -0.399 e. The Morgan fingerprint density at radius 3 is 3.06 bits per heavy atom. The van der Waals surface area contributed by atoms with E-state index in [-0.39, 0.29) is 5.91 Å². The van der Waals surface area contributed by atoms with Crippen molar-refractivity contribution in [2.75, 3.05) is 18.8 Å². The molecule has 0 spiro atoms. The van der Waals surface area contributed by atoms with E-state index in [9.17, 15) is 4.79 Å². The number of amides is 1. The topological polar surface area (TPSA) is 46.3 Å². The van der Waals surface area contributed by atoms with E-state index in [2.05, 4.69) is 6.92 Å². The Kier molecular flexibility index (Phi) is 4.03. The number of carbonyl (C=O) groups is 1. The van der Waals surface area contributed by atoms with Gasteiger partial charge in [-0.1, -0.05) is 19.1 Å². The van der Waals surface area contributed by atoms with Gasteiger partial charge in [0.1, 0.15) is 0 Å². The number of hydrogen-bond acceptors (Lipinski definition) is 2. The molecule has 1 aromatic carbocycles. The number of nitrogens with zero attached hydrogens (tertiary/aromatic N) is 1. The predicted molar refractivity (Wildman–Crippen MR) is 74.9 cm³/mol. The molecule has 1 atom stereocenters. The van der Waals surface area contributed by atoms with Gasteiger partial charge in [-0.3, -0.25) is 4.79 Å². The first kappa shape index (κ1) is 12.7. The van der Waals surface area contributed by atoms with Gasteiger partial charge in [-0.25, -0.2) is 0 Å². The smallest absolute Gasteiger partial charge is 0.246 e. The molecule has 3 nitrogen and oxygen atoms in total. The standard InChI is InChI=1S/C15H20N2O/c1-12-4-3-9-17(11-12)15(18)8-7-13-5-2-6-14(16)10-13/h2,5-8,10,12H,3-4,9,11,16H2,1H3/b8-7+. The van der Waals surface area contributed by atoms with Crippen LogP contribution >= 0.6 is 0 Å². The average molecular weight is 244 g/mol. The third kappa shape index (κ3) is 3.36. The summed E-state index contributed by atoms with van der Waals surface area (Å²) in [6.07, 6.45) is 5.81. The molecule has 1 aromatic rings. The van der Waals surface area contributed by atoms with Crippen molar-refractivity contribution in [3.8, 4) is 0 Å². The minimum atomic E-state index is 0.101. The number of likely N-dealkylation sites (tertiary alicyclic amines) is 1. The molecule has 0 saturated carbocycles. The molecule has 1 saturated heterocycles. The maximum absolute atomic E-state index is 12.0. The summed E-state index contributed by atoms with van der Waals surface area (Å²) in [5.74, 6) is 0.715. The highest BCUT2D eigenvalue weighted by Crippen LogP contribution is 2.16. The van der Waals surface area contributed by atoms with Gasteiger partial charge >= 0.3 is 0 Å². The molecule has 0 aliphatic carbocycles. The summed E-state index contributed by atoms with van der Waals surface area (Å²) >= 11 is 0. The largest absolute Gasteiger partial charge is 0.399 e. The van der Waals surface area contributed by atoms with Crippen LogP contribution in [0.15, 0.2) is 30.3 Å². The molecule has 1 heterocycles. The molecule has 2 N–H and O–H groups in total. The van der Waals surface area contributed by atoms with E-state index in [0.29, 0.717) is 5.92 Å². The number of piperidine rings is 1. The molecule has 0 radical (unpaired) electrons. The lowest BCUT2D eigenvalue weighted by atomic mass is 10.0. The quantitative estimate of drug-likeness (QED) is 0.642. The second-order valence-corrected chi connectivity index (χ2v) is 5.04. The van der Waals surface area contributed by atoms with Gasteiger partial charge in [0.2, 0.25) is 5.91 Å². The molecule has 18 heavy (non-hydrogen) atoms. The summed E-state index contributed by atoms with van der Waals surface area (Å²) in [7, 11) is 0. The molecule has 1 unspecified atom stereocenters. The van der Waals surface area contributed by atoms with E-state index >= 15 is 0 Å². The van der Waals surface area contributed by atoms with Crippen LogP contribution in [0.1, 0.15) is 25.3 Å². The van der Waals surface area contributed by atoms with Crippen molar-refractivity contribution >= 4 is 17.7 Å². The Balaban J connectivity index is 1.98. The molecule has 2 rings (SSSR count). The highest BCUT2D eigenvalue weighted by atomic mass is 16.2. The second-order valence-electron chi connectivity index (χ2n) is 5.04. The summed E-state index contributed by atoms with van der Waals surface area (Å²) in [5, 5.41) is 0. The Bertz CT molecular complexity index is 454.